The van der Waals surface area contributed by atoms with E-state index in [-0.39, 0.29) is 6.10 Å². The molecule has 1 saturated heterocycles. The monoisotopic (exact) mass is 217 g/mol. The highest BCUT2D eigenvalue weighted by Gasteiger charge is 2.16. The van der Waals surface area contributed by atoms with E-state index in [1.54, 1.807) is 6.07 Å². The lowest BCUT2D eigenvalue weighted by Gasteiger charge is -2.12. The minimum atomic E-state index is 0.187. The number of hydrogen-bond acceptors (Lipinski definition) is 3. The van der Waals surface area contributed by atoms with Gasteiger partial charge in [0, 0.05) is 6.61 Å². The molecule has 0 aromatic heterocycles. The van der Waals surface area contributed by atoms with Crippen LogP contribution in [-0.2, 0) is 4.74 Å². The summed E-state index contributed by atoms with van der Waals surface area (Å²) in [4.78, 5) is 0. The van der Waals surface area contributed by atoms with Crippen LogP contribution in [0.5, 0.6) is 5.75 Å². The first-order valence-electron chi connectivity index (χ1n) is 5.55. The zero-order valence-corrected chi connectivity index (χ0v) is 9.40. The number of benzene rings is 1. The van der Waals surface area contributed by atoms with E-state index < -0.39 is 0 Å². The molecule has 1 aromatic carbocycles. The Hall–Kier alpha value is -1.53. The van der Waals surface area contributed by atoms with Gasteiger partial charge in [0.1, 0.15) is 18.4 Å². The molecule has 0 bridgehead atoms. The Morgan fingerprint density at radius 2 is 2.44 bits per heavy atom. The summed E-state index contributed by atoms with van der Waals surface area (Å²) in [5, 5.41) is 8.94. The van der Waals surface area contributed by atoms with Gasteiger partial charge in [-0.2, -0.15) is 5.26 Å². The van der Waals surface area contributed by atoms with Gasteiger partial charge in [-0.15, -0.1) is 0 Å². The van der Waals surface area contributed by atoms with E-state index in [0.29, 0.717) is 17.9 Å². The van der Waals surface area contributed by atoms with Gasteiger partial charge < -0.3 is 9.47 Å². The predicted molar refractivity (Wildman–Crippen MR) is 60.4 cm³/mol. The predicted octanol–water partition coefficient (Wildman–Crippen LogP) is 2.42. The van der Waals surface area contributed by atoms with E-state index in [1.807, 2.05) is 19.1 Å². The molecule has 0 saturated carbocycles. The maximum absolute atomic E-state index is 8.94. The summed E-state index contributed by atoms with van der Waals surface area (Å²) in [7, 11) is 0. The van der Waals surface area contributed by atoms with Crippen molar-refractivity contribution in [1.29, 1.82) is 5.26 Å². The standard InChI is InChI=1S/C13H15NO2/c1-10-4-5-11(8-14)13(7-10)16-9-12-3-2-6-15-12/h4-5,7,12H,2-3,6,9H2,1H3. The van der Waals surface area contributed by atoms with Crippen molar-refractivity contribution in [1.82, 2.24) is 0 Å². The third kappa shape index (κ3) is 2.53. The van der Waals surface area contributed by atoms with Crippen molar-refractivity contribution in [3.05, 3.63) is 29.3 Å². The molecule has 0 spiro atoms. The third-order valence-electron chi connectivity index (χ3n) is 2.71. The number of nitrogens with zero attached hydrogens (tertiary/aromatic N) is 1. The third-order valence-corrected chi connectivity index (χ3v) is 2.71. The molecule has 3 nitrogen and oxygen atoms in total. The van der Waals surface area contributed by atoms with Gasteiger partial charge in [0.2, 0.25) is 0 Å². The maximum Gasteiger partial charge on any atom is 0.137 e. The van der Waals surface area contributed by atoms with Gasteiger partial charge in [-0.1, -0.05) is 6.07 Å². The summed E-state index contributed by atoms with van der Waals surface area (Å²) < 4.78 is 11.1. The molecule has 0 amide bonds. The first-order valence-corrected chi connectivity index (χ1v) is 5.55. The number of ether oxygens (including phenoxy) is 2. The van der Waals surface area contributed by atoms with Crippen LogP contribution in [0.25, 0.3) is 0 Å². The van der Waals surface area contributed by atoms with Crippen LogP contribution in [0.3, 0.4) is 0 Å². The Labute approximate surface area is 95.6 Å². The van der Waals surface area contributed by atoms with Crippen LogP contribution in [0.1, 0.15) is 24.0 Å². The fraction of sp³-hybridized carbons (Fsp3) is 0.462. The summed E-state index contributed by atoms with van der Waals surface area (Å²) in [6.07, 6.45) is 2.34. The van der Waals surface area contributed by atoms with Crippen molar-refractivity contribution >= 4 is 0 Å². The highest BCUT2D eigenvalue weighted by atomic mass is 16.5. The van der Waals surface area contributed by atoms with Crippen molar-refractivity contribution in [2.45, 2.75) is 25.9 Å². The molecule has 1 unspecified atom stereocenters. The van der Waals surface area contributed by atoms with E-state index >= 15 is 0 Å². The lowest BCUT2D eigenvalue weighted by molar-refractivity contribution is 0.0678. The minimum Gasteiger partial charge on any atom is -0.489 e. The second-order valence-corrected chi connectivity index (χ2v) is 4.06. The van der Waals surface area contributed by atoms with Gasteiger partial charge in [-0.3, -0.25) is 0 Å². The van der Waals surface area contributed by atoms with Gasteiger partial charge in [-0.25, -0.2) is 0 Å². The van der Waals surface area contributed by atoms with Crippen molar-refractivity contribution in [2.24, 2.45) is 0 Å². The fourth-order valence-corrected chi connectivity index (χ4v) is 1.80. The average Bonchev–Trinajstić information content (AvgIpc) is 2.79. The molecule has 3 heteroatoms. The van der Waals surface area contributed by atoms with Gasteiger partial charge in [0.05, 0.1) is 11.7 Å². The van der Waals surface area contributed by atoms with Crippen LogP contribution in [0, 0.1) is 18.3 Å². The summed E-state index contributed by atoms with van der Waals surface area (Å²) in [5.74, 6) is 0.665. The molecular weight excluding hydrogens is 202 g/mol. The Bertz CT molecular complexity index is 403. The van der Waals surface area contributed by atoms with Crippen LogP contribution in [-0.4, -0.2) is 19.3 Å². The van der Waals surface area contributed by atoms with Crippen LogP contribution >= 0.6 is 0 Å². The quantitative estimate of drug-likeness (QED) is 0.780. The van der Waals surface area contributed by atoms with Crippen LogP contribution < -0.4 is 4.74 Å². The molecule has 1 fully saturated rings. The molecule has 0 aliphatic carbocycles. The molecule has 2 rings (SSSR count). The Kier molecular flexibility index (Phi) is 3.43. The number of nitriles is 1. The zero-order valence-electron chi connectivity index (χ0n) is 9.40. The number of aryl methyl sites for hydroxylation is 1. The van der Waals surface area contributed by atoms with E-state index in [2.05, 4.69) is 6.07 Å². The summed E-state index contributed by atoms with van der Waals surface area (Å²) in [6.45, 7) is 3.35. The molecule has 1 aliphatic heterocycles. The van der Waals surface area contributed by atoms with Crippen molar-refractivity contribution in [3.63, 3.8) is 0 Å². The average molecular weight is 217 g/mol. The van der Waals surface area contributed by atoms with Gasteiger partial charge >= 0.3 is 0 Å². The molecule has 1 aromatic rings. The van der Waals surface area contributed by atoms with E-state index in [4.69, 9.17) is 14.7 Å². The Balaban J connectivity index is 2.02. The van der Waals surface area contributed by atoms with Crippen molar-refractivity contribution in [2.75, 3.05) is 13.2 Å². The summed E-state index contributed by atoms with van der Waals surface area (Å²) in [6, 6.07) is 7.73. The van der Waals surface area contributed by atoms with E-state index in [0.717, 1.165) is 25.0 Å². The second-order valence-electron chi connectivity index (χ2n) is 4.06. The first kappa shape index (κ1) is 11.0. The van der Waals surface area contributed by atoms with Gasteiger partial charge in [0.15, 0.2) is 0 Å². The van der Waals surface area contributed by atoms with Crippen LogP contribution in [0.15, 0.2) is 18.2 Å². The number of rotatable bonds is 3. The largest absolute Gasteiger partial charge is 0.489 e. The van der Waals surface area contributed by atoms with Crippen molar-refractivity contribution in [3.8, 4) is 11.8 Å². The normalized spacial score (nSPS) is 19.4. The topological polar surface area (TPSA) is 42.2 Å². The Morgan fingerprint density at radius 3 is 3.12 bits per heavy atom. The molecule has 1 aliphatic rings. The van der Waals surface area contributed by atoms with Gasteiger partial charge in [-0.05, 0) is 37.5 Å². The SMILES string of the molecule is Cc1ccc(C#N)c(OCC2CCCO2)c1. The maximum atomic E-state index is 8.94. The fourth-order valence-electron chi connectivity index (χ4n) is 1.80. The highest BCUT2D eigenvalue weighted by Crippen LogP contribution is 2.21. The van der Waals surface area contributed by atoms with E-state index in [1.165, 1.54) is 0 Å². The molecule has 16 heavy (non-hydrogen) atoms. The zero-order chi connectivity index (χ0) is 11.4. The van der Waals surface area contributed by atoms with E-state index in [9.17, 15) is 0 Å². The summed E-state index contributed by atoms with van der Waals surface area (Å²) in [5.41, 5.74) is 1.69. The minimum absolute atomic E-state index is 0.187. The van der Waals surface area contributed by atoms with Crippen molar-refractivity contribution < 1.29 is 9.47 Å². The lowest BCUT2D eigenvalue weighted by atomic mass is 10.1. The molecule has 1 atom stereocenters. The Morgan fingerprint density at radius 1 is 1.56 bits per heavy atom. The molecule has 84 valence electrons. The van der Waals surface area contributed by atoms with Crippen LogP contribution in [0.2, 0.25) is 0 Å². The molecule has 0 N–H and O–H groups in total. The smallest absolute Gasteiger partial charge is 0.137 e. The molecule has 0 radical (unpaired) electrons. The molecule has 1 heterocycles. The van der Waals surface area contributed by atoms with Crippen LogP contribution in [0.4, 0.5) is 0 Å². The highest BCUT2D eigenvalue weighted by molar-refractivity contribution is 5.44. The number of hydrogen-bond donors (Lipinski definition) is 0. The second kappa shape index (κ2) is 5.00. The summed E-state index contributed by atoms with van der Waals surface area (Å²) >= 11 is 0. The van der Waals surface area contributed by atoms with Gasteiger partial charge in [0.25, 0.3) is 0 Å². The lowest BCUT2D eigenvalue weighted by Crippen LogP contribution is -2.16. The first-order chi connectivity index (χ1) is 7.79. The molecular formula is C13H15NO2.